The van der Waals surface area contributed by atoms with Gasteiger partial charge in [0.05, 0.1) is 30.6 Å². The third-order valence-corrected chi connectivity index (χ3v) is 5.94. The summed E-state index contributed by atoms with van der Waals surface area (Å²) in [5.41, 5.74) is 5.00. The Bertz CT molecular complexity index is 1410. The van der Waals surface area contributed by atoms with Gasteiger partial charge < -0.3 is 25.0 Å². The second-order valence-corrected chi connectivity index (χ2v) is 7.96. The van der Waals surface area contributed by atoms with E-state index < -0.39 is 11.9 Å². The van der Waals surface area contributed by atoms with Crippen LogP contribution < -0.4 is 10.1 Å². The molecular weight excluding hydrogens is 427 g/mol. The van der Waals surface area contributed by atoms with Crippen molar-refractivity contribution in [2.75, 3.05) is 13.7 Å². The normalized spacial score (nSPS) is 12.8. The van der Waals surface area contributed by atoms with Crippen LogP contribution in [0.25, 0.3) is 21.8 Å². The van der Waals surface area contributed by atoms with Crippen molar-refractivity contribution in [3.05, 3.63) is 70.8 Å². The number of halogens is 1. The van der Waals surface area contributed by atoms with Crippen molar-refractivity contribution in [3.63, 3.8) is 0 Å². The summed E-state index contributed by atoms with van der Waals surface area (Å²) in [7, 11) is 1.42. The lowest BCUT2D eigenvalue weighted by Gasteiger charge is -2.14. The molecule has 0 atom stereocenters. The Balaban J connectivity index is 1.58. The maximum atomic E-state index is 14.3. The minimum atomic E-state index is -1.24. The zero-order valence-corrected chi connectivity index (χ0v) is 17.8. The van der Waals surface area contributed by atoms with Crippen molar-refractivity contribution < 1.29 is 23.8 Å². The van der Waals surface area contributed by atoms with Crippen LogP contribution in [-0.4, -0.2) is 45.6 Å². The van der Waals surface area contributed by atoms with Crippen LogP contribution in [0.1, 0.15) is 22.5 Å². The van der Waals surface area contributed by atoms with Gasteiger partial charge in [0.1, 0.15) is 6.54 Å². The van der Waals surface area contributed by atoms with Gasteiger partial charge in [0.25, 0.3) is 0 Å². The molecule has 1 aliphatic rings. The fourth-order valence-electron chi connectivity index (χ4n) is 4.41. The van der Waals surface area contributed by atoms with Gasteiger partial charge in [0.2, 0.25) is 5.91 Å². The molecule has 2 aromatic carbocycles. The number of carboxylic acid groups (broad SMARTS) is 1. The number of hydrogen-bond donors (Lipinski definition) is 3. The number of nitrogens with one attached hydrogen (secondary N) is 2. The molecule has 0 fully saturated rings. The van der Waals surface area contributed by atoms with Gasteiger partial charge >= 0.3 is 6.09 Å². The van der Waals surface area contributed by atoms with Crippen LogP contribution in [0.2, 0.25) is 0 Å². The first kappa shape index (κ1) is 20.7. The molecule has 9 heteroatoms. The van der Waals surface area contributed by atoms with Crippen molar-refractivity contribution in [2.24, 2.45) is 0 Å². The number of para-hydroxylation sites is 1. The number of carbonyl (C=O) groups excluding carboxylic acids is 1. The van der Waals surface area contributed by atoms with E-state index in [1.165, 1.54) is 13.2 Å². The molecule has 33 heavy (non-hydrogen) atoms. The van der Waals surface area contributed by atoms with Gasteiger partial charge in [0.15, 0.2) is 11.6 Å². The SMILES string of the molecule is COc1ccc(Cc2nc3c(c4c2[nH]c2ccccc24)CN(C(=O)CNC(=O)O)C3)cc1F. The molecule has 168 valence electrons. The Morgan fingerprint density at radius 3 is 2.82 bits per heavy atom. The molecule has 0 aliphatic carbocycles. The quantitative estimate of drug-likeness (QED) is 0.433. The van der Waals surface area contributed by atoms with Gasteiger partial charge in [-0.3, -0.25) is 9.78 Å². The van der Waals surface area contributed by atoms with E-state index in [1.54, 1.807) is 17.0 Å². The van der Waals surface area contributed by atoms with Crippen molar-refractivity contribution in [2.45, 2.75) is 19.5 Å². The molecule has 0 saturated carbocycles. The van der Waals surface area contributed by atoms with Crippen molar-refractivity contribution in [1.29, 1.82) is 0 Å². The predicted octanol–water partition coefficient (Wildman–Crippen LogP) is 3.56. The van der Waals surface area contributed by atoms with Crippen LogP contribution >= 0.6 is 0 Å². The van der Waals surface area contributed by atoms with E-state index in [2.05, 4.69) is 10.3 Å². The third-order valence-electron chi connectivity index (χ3n) is 5.94. The standard InChI is InChI=1S/C24H21FN4O4/c1-33-20-7-6-13(8-16(20)25)9-18-23-22(14-4-2-3-5-17(14)28-23)15-11-29(12-19(15)27-18)21(30)10-26-24(31)32/h2-8,26,28H,9-12H2,1H3,(H,31,32). The Morgan fingerprint density at radius 2 is 2.06 bits per heavy atom. The predicted molar refractivity (Wildman–Crippen MR) is 120 cm³/mol. The number of carbonyl (C=O) groups is 2. The van der Waals surface area contributed by atoms with E-state index in [4.69, 9.17) is 14.8 Å². The zero-order chi connectivity index (χ0) is 23.1. The molecule has 8 nitrogen and oxygen atoms in total. The molecule has 1 aliphatic heterocycles. The minimum Gasteiger partial charge on any atom is -0.494 e. The van der Waals surface area contributed by atoms with Crippen molar-refractivity contribution in [1.82, 2.24) is 20.2 Å². The van der Waals surface area contributed by atoms with Gasteiger partial charge in [-0.2, -0.15) is 0 Å². The molecule has 0 unspecified atom stereocenters. The number of amides is 2. The molecule has 2 aromatic heterocycles. The summed E-state index contributed by atoms with van der Waals surface area (Å²) in [4.78, 5) is 33.2. The van der Waals surface area contributed by atoms with Crippen LogP contribution in [0.15, 0.2) is 42.5 Å². The van der Waals surface area contributed by atoms with Gasteiger partial charge in [-0.15, -0.1) is 0 Å². The van der Waals surface area contributed by atoms with Crippen LogP contribution in [-0.2, 0) is 24.3 Å². The molecule has 0 radical (unpaired) electrons. The smallest absolute Gasteiger partial charge is 0.405 e. The summed E-state index contributed by atoms with van der Waals surface area (Å²) >= 11 is 0. The number of nitrogens with zero attached hydrogens (tertiary/aromatic N) is 2. The summed E-state index contributed by atoms with van der Waals surface area (Å²) in [5, 5.41) is 12.9. The largest absolute Gasteiger partial charge is 0.494 e. The summed E-state index contributed by atoms with van der Waals surface area (Å²) in [5.74, 6) is -0.575. The maximum Gasteiger partial charge on any atom is 0.405 e. The number of fused-ring (bicyclic) bond motifs is 5. The highest BCUT2D eigenvalue weighted by molar-refractivity contribution is 6.10. The van der Waals surface area contributed by atoms with Gasteiger partial charge in [-0.05, 0) is 23.8 Å². The second kappa shape index (κ2) is 8.09. The van der Waals surface area contributed by atoms with Gasteiger partial charge in [-0.1, -0.05) is 24.3 Å². The third kappa shape index (κ3) is 3.71. The van der Waals surface area contributed by atoms with E-state index in [9.17, 15) is 14.0 Å². The first-order chi connectivity index (χ1) is 15.9. The van der Waals surface area contributed by atoms with E-state index in [1.807, 2.05) is 24.3 Å². The number of pyridine rings is 1. The van der Waals surface area contributed by atoms with E-state index >= 15 is 0 Å². The highest BCUT2D eigenvalue weighted by Crippen LogP contribution is 2.36. The molecular formula is C24H21FN4O4. The molecule has 0 bridgehead atoms. The first-order valence-electron chi connectivity index (χ1n) is 10.4. The highest BCUT2D eigenvalue weighted by atomic mass is 19.1. The average Bonchev–Trinajstić information content (AvgIpc) is 3.39. The molecule has 2 amide bonds. The Kier molecular flexibility index (Phi) is 5.08. The van der Waals surface area contributed by atoms with Crippen molar-refractivity contribution in [3.8, 4) is 5.75 Å². The molecule has 5 rings (SSSR count). The lowest BCUT2D eigenvalue weighted by Crippen LogP contribution is -2.36. The van der Waals surface area contributed by atoms with Crippen LogP contribution in [0.4, 0.5) is 9.18 Å². The number of ether oxygens (including phenoxy) is 1. The molecule has 0 saturated heterocycles. The van der Waals surface area contributed by atoms with Gasteiger partial charge in [-0.25, -0.2) is 9.18 Å². The number of aromatic nitrogens is 2. The highest BCUT2D eigenvalue weighted by Gasteiger charge is 2.29. The monoisotopic (exact) mass is 448 g/mol. The lowest BCUT2D eigenvalue weighted by atomic mass is 10.0. The van der Waals surface area contributed by atoms with E-state index in [-0.39, 0.29) is 24.7 Å². The molecule has 3 N–H and O–H groups in total. The topological polar surface area (TPSA) is 108 Å². The first-order valence-corrected chi connectivity index (χ1v) is 10.4. The number of aromatic amines is 1. The molecule has 0 spiro atoms. The van der Waals surface area contributed by atoms with Gasteiger partial charge in [0, 0.05) is 34.8 Å². The fourth-order valence-corrected chi connectivity index (χ4v) is 4.41. The van der Waals surface area contributed by atoms with E-state index in [0.29, 0.717) is 13.0 Å². The Morgan fingerprint density at radius 1 is 1.24 bits per heavy atom. The zero-order valence-electron chi connectivity index (χ0n) is 17.8. The van der Waals surface area contributed by atoms with Crippen LogP contribution in [0, 0.1) is 5.82 Å². The summed E-state index contributed by atoms with van der Waals surface area (Å²) in [6.45, 7) is 0.339. The number of hydrogen-bond acceptors (Lipinski definition) is 4. The maximum absolute atomic E-state index is 14.3. The Hall–Kier alpha value is -4.14. The number of rotatable bonds is 5. The fraction of sp³-hybridized carbons (Fsp3) is 0.208. The summed E-state index contributed by atoms with van der Waals surface area (Å²) < 4.78 is 19.3. The lowest BCUT2D eigenvalue weighted by molar-refractivity contribution is -0.130. The summed E-state index contributed by atoms with van der Waals surface area (Å²) in [6.07, 6.45) is -0.849. The molecule has 3 heterocycles. The van der Waals surface area contributed by atoms with E-state index in [0.717, 1.165) is 44.3 Å². The van der Waals surface area contributed by atoms with Crippen LogP contribution in [0.5, 0.6) is 5.75 Å². The Labute approximate surface area is 188 Å². The average molecular weight is 448 g/mol. The summed E-state index contributed by atoms with van der Waals surface area (Å²) in [6, 6.07) is 12.7. The minimum absolute atomic E-state index is 0.181. The number of H-pyrrole nitrogens is 1. The molecule has 4 aromatic rings. The number of benzene rings is 2. The second-order valence-electron chi connectivity index (χ2n) is 7.96. The van der Waals surface area contributed by atoms with Crippen molar-refractivity contribution >= 4 is 33.8 Å². The number of methoxy groups -OCH3 is 1. The van der Waals surface area contributed by atoms with Crippen LogP contribution in [0.3, 0.4) is 0 Å².